The highest BCUT2D eigenvalue weighted by Crippen LogP contribution is 2.25. The lowest BCUT2D eigenvalue weighted by molar-refractivity contribution is -0.137. The quantitative estimate of drug-likeness (QED) is 0.695. The van der Waals surface area contributed by atoms with Gasteiger partial charge in [-0.2, -0.15) is 0 Å². The van der Waals surface area contributed by atoms with Crippen LogP contribution in [0.25, 0.3) is 0 Å². The number of carbonyl (C=O) groups is 1. The van der Waals surface area contributed by atoms with Gasteiger partial charge < -0.3 is 15.3 Å². The molecule has 1 amide bonds. The highest BCUT2D eigenvalue weighted by atomic mass is 16.3. The van der Waals surface area contributed by atoms with Crippen LogP contribution in [0.4, 0.5) is 0 Å². The minimum atomic E-state index is 0.0112. The van der Waals surface area contributed by atoms with E-state index in [0.29, 0.717) is 12.6 Å². The zero-order valence-corrected chi connectivity index (χ0v) is 9.11. The van der Waals surface area contributed by atoms with Gasteiger partial charge in [-0.15, -0.1) is 0 Å². The summed E-state index contributed by atoms with van der Waals surface area (Å²) >= 11 is 0. The van der Waals surface area contributed by atoms with Crippen molar-refractivity contribution in [3.8, 4) is 0 Å². The summed E-state index contributed by atoms with van der Waals surface area (Å²) in [5.74, 6) is 0.200. The molecule has 2 fully saturated rings. The molecule has 1 saturated heterocycles. The molecule has 15 heavy (non-hydrogen) atoms. The predicted molar refractivity (Wildman–Crippen MR) is 57.5 cm³/mol. The summed E-state index contributed by atoms with van der Waals surface area (Å²) in [6, 6.07) is 0.407. The lowest BCUT2D eigenvalue weighted by Gasteiger charge is -2.38. The monoisotopic (exact) mass is 212 g/mol. The Morgan fingerprint density at radius 2 is 2.13 bits per heavy atom. The predicted octanol–water partition coefficient (Wildman–Crippen LogP) is 0.112. The van der Waals surface area contributed by atoms with E-state index in [9.17, 15) is 4.79 Å². The first kappa shape index (κ1) is 10.9. The molecule has 1 unspecified atom stereocenters. The van der Waals surface area contributed by atoms with Gasteiger partial charge in [0, 0.05) is 12.6 Å². The van der Waals surface area contributed by atoms with Crippen molar-refractivity contribution in [2.45, 2.75) is 44.2 Å². The van der Waals surface area contributed by atoms with Gasteiger partial charge in [0.2, 0.25) is 5.91 Å². The molecule has 0 aromatic carbocycles. The number of aliphatic hydroxyl groups is 1. The molecule has 1 aliphatic heterocycles. The van der Waals surface area contributed by atoms with Crippen LogP contribution < -0.4 is 5.32 Å². The fraction of sp³-hybridized carbons (Fsp3) is 0.909. The van der Waals surface area contributed by atoms with Gasteiger partial charge in [-0.3, -0.25) is 4.79 Å². The smallest absolute Gasteiger partial charge is 0.240 e. The van der Waals surface area contributed by atoms with Gasteiger partial charge >= 0.3 is 0 Å². The summed E-state index contributed by atoms with van der Waals surface area (Å²) in [7, 11) is 0. The summed E-state index contributed by atoms with van der Waals surface area (Å²) < 4.78 is 0. The van der Waals surface area contributed by atoms with Crippen LogP contribution in [-0.2, 0) is 4.79 Å². The Bertz CT molecular complexity index is 223. The van der Waals surface area contributed by atoms with Crippen LogP contribution in [0, 0.1) is 0 Å². The van der Waals surface area contributed by atoms with Crippen molar-refractivity contribution in [3.05, 3.63) is 0 Å². The molecule has 1 saturated carbocycles. The first-order valence-electron chi connectivity index (χ1n) is 5.97. The molecule has 1 atom stereocenters. The lowest BCUT2D eigenvalue weighted by atomic mass is 9.91. The highest BCUT2D eigenvalue weighted by Gasteiger charge is 2.33. The van der Waals surface area contributed by atoms with Gasteiger partial charge in [0.1, 0.15) is 0 Å². The maximum atomic E-state index is 12.1. The van der Waals surface area contributed by atoms with Crippen LogP contribution in [0.2, 0.25) is 0 Å². The molecular formula is C11H20N2O2. The van der Waals surface area contributed by atoms with Gasteiger partial charge in [0.25, 0.3) is 0 Å². The van der Waals surface area contributed by atoms with E-state index in [1.54, 1.807) is 0 Å². The first-order chi connectivity index (χ1) is 7.33. The van der Waals surface area contributed by atoms with Crippen LogP contribution in [0.15, 0.2) is 0 Å². The van der Waals surface area contributed by atoms with Crippen LogP contribution in [0.5, 0.6) is 0 Å². The van der Waals surface area contributed by atoms with Crippen molar-refractivity contribution in [3.63, 3.8) is 0 Å². The zero-order chi connectivity index (χ0) is 10.7. The second-order valence-corrected chi connectivity index (χ2v) is 4.49. The standard InChI is InChI=1S/C11H20N2O2/c14-8-7-13(9-3-1-4-9)11(15)10-5-2-6-12-10/h9-10,12,14H,1-8H2. The number of hydrogen-bond acceptors (Lipinski definition) is 3. The molecule has 2 rings (SSSR count). The average molecular weight is 212 g/mol. The zero-order valence-electron chi connectivity index (χ0n) is 9.11. The maximum absolute atomic E-state index is 12.1. The van der Waals surface area contributed by atoms with E-state index in [2.05, 4.69) is 5.32 Å². The second-order valence-electron chi connectivity index (χ2n) is 4.49. The van der Waals surface area contributed by atoms with Crippen LogP contribution in [0.1, 0.15) is 32.1 Å². The summed E-state index contributed by atoms with van der Waals surface area (Å²) in [6.07, 6.45) is 5.48. The Morgan fingerprint density at radius 1 is 1.33 bits per heavy atom. The third-order valence-corrected chi connectivity index (χ3v) is 3.50. The van der Waals surface area contributed by atoms with Crippen LogP contribution in [0.3, 0.4) is 0 Å². The SMILES string of the molecule is O=C(C1CCCN1)N(CCO)C1CCC1. The summed E-state index contributed by atoms with van der Waals surface area (Å²) in [5, 5.41) is 12.2. The molecule has 0 aromatic heterocycles. The maximum Gasteiger partial charge on any atom is 0.240 e. The minimum absolute atomic E-state index is 0.0112. The van der Waals surface area contributed by atoms with Gasteiger partial charge in [0.15, 0.2) is 0 Å². The number of amides is 1. The fourth-order valence-electron chi connectivity index (χ4n) is 2.37. The van der Waals surface area contributed by atoms with Crippen molar-refractivity contribution < 1.29 is 9.90 Å². The number of carbonyl (C=O) groups excluding carboxylic acids is 1. The molecule has 0 spiro atoms. The summed E-state index contributed by atoms with van der Waals surface area (Å²) in [6.45, 7) is 1.53. The molecular weight excluding hydrogens is 192 g/mol. The molecule has 4 nitrogen and oxygen atoms in total. The number of aliphatic hydroxyl groups excluding tert-OH is 1. The summed E-state index contributed by atoms with van der Waals surface area (Å²) in [5.41, 5.74) is 0. The molecule has 0 aromatic rings. The van der Waals surface area contributed by atoms with Gasteiger partial charge in [-0.05, 0) is 38.6 Å². The van der Waals surface area contributed by atoms with Gasteiger partial charge in [-0.1, -0.05) is 0 Å². The van der Waals surface area contributed by atoms with E-state index in [0.717, 1.165) is 32.2 Å². The van der Waals surface area contributed by atoms with E-state index < -0.39 is 0 Å². The second kappa shape index (κ2) is 4.94. The van der Waals surface area contributed by atoms with Crippen molar-refractivity contribution in [1.29, 1.82) is 0 Å². The molecule has 1 aliphatic carbocycles. The van der Waals surface area contributed by atoms with Crippen molar-refractivity contribution in [1.82, 2.24) is 10.2 Å². The molecule has 2 aliphatic rings. The average Bonchev–Trinajstić information content (AvgIpc) is 2.66. The van der Waals surface area contributed by atoms with Crippen molar-refractivity contribution >= 4 is 5.91 Å². The third kappa shape index (κ3) is 2.32. The Morgan fingerprint density at radius 3 is 2.60 bits per heavy atom. The third-order valence-electron chi connectivity index (χ3n) is 3.50. The number of rotatable bonds is 4. The van der Waals surface area contributed by atoms with Gasteiger partial charge in [0.05, 0.1) is 12.6 Å². The highest BCUT2D eigenvalue weighted by molar-refractivity contribution is 5.82. The van der Waals surface area contributed by atoms with Gasteiger partial charge in [-0.25, -0.2) is 0 Å². The number of hydrogen-bond donors (Lipinski definition) is 2. The fourth-order valence-corrected chi connectivity index (χ4v) is 2.37. The minimum Gasteiger partial charge on any atom is -0.395 e. The van der Waals surface area contributed by atoms with Crippen LogP contribution in [-0.4, -0.2) is 47.7 Å². The van der Waals surface area contributed by atoms with Crippen LogP contribution >= 0.6 is 0 Å². The lowest BCUT2D eigenvalue weighted by Crippen LogP contribution is -2.51. The van der Waals surface area contributed by atoms with Crippen molar-refractivity contribution in [2.75, 3.05) is 19.7 Å². The first-order valence-corrected chi connectivity index (χ1v) is 5.97. The molecule has 1 heterocycles. The summed E-state index contributed by atoms with van der Waals surface area (Å²) in [4.78, 5) is 14.0. The molecule has 2 N–H and O–H groups in total. The van der Waals surface area contributed by atoms with E-state index in [-0.39, 0.29) is 18.6 Å². The molecule has 0 bridgehead atoms. The van der Waals surface area contributed by atoms with E-state index >= 15 is 0 Å². The largest absolute Gasteiger partial charge is 0.395 e. The Kier molecular flexibility index (Phi) is 3.59. The molecule has 86 valence electrons. The molecule has 0 radical (unpaired) electrons. The van der Waals surface area contributed by atoms with E-state index in [4.69, 9.17) is 5.11 Å². The number of nitrogens with one attached hydrogen (secondary N) is 1. The Balaban J connectivity index is 1.92. The molecule has 4 heteroatoms. The topological polar surface area (TPSA) is 52.6 Å². The Labute approximate surface area is 90.6 Å². The normalized spacial score (nSPS) is 26.3. The Hall–Kier alpha value is -0.610. The van der Waals surface area contributed by atoms with E-state index in [1.165, 1.54) is 6.42 Å². The van der Waals surface area contributed by atoms with Crippen molar-refractivity contribution in [2.24, 2.45) is 0 Å². The van der Waals surface area contributed by atoms with E-state index in [1.807, 2.05) is 4.90 Å². The number of nitrogens with zero attached hydrogens (tertiary/aromatic N) is 1.